The summed E-state index contributed by atoms with van der Waals surface area (Å²) in [6, 6.07) is 18.0. The Morgan fingerprint density at radius 3 is 1.54 bits per heavy atom. The topological polar surface area (TPSA) is 483 Å². The summed E-state index contributed by atoms with van der Waals surface area (Å²) in [6.07, 6.45) is 10.2. The maximum atomic E-state index is 13.6. The third-order valence-corrected chi connectivity index (χ3v) is 24.8. The number of pyridine rings is 1. The van der Waals surface area contributed by atoms with Crippen LogP contribution >= 0.6 is 57.2 Å². The number of fused-ring (bicyclic) bond motifs is 3. The Kier molecular flexibility index (Phi) is 25.5. The Balaban J connectivity index is 0.000000147. The highest BCUT2D eigenvalue weighted by Gasteiger charge is 2.39. The largest absolute Gasteiger partial charge is 0.393 e. The zero-order valence-corrected chi connectivity index (χ0v) is 66.4. The number of aliphatic hydroxyl groups is 3. The van der Waals surface area contributed by atoms with Gasteiger partial charge < -0.3 is 45.3 Å². The third kappa shape index (κ3) is 19.8. The fourth-order valence-electron chi connectivity index (χ4n) is 14.4. The molecule has 5 aliphatic rings. The number of hydrogen-bond donors (Lipinski definition) is 9. The van der Waals surface area contributed by atoms with Gasteiger partial charge in [-0.15, -0.1) is 34.0 Å². The molecule has 0 radical (unpaired) electrons. The van der Waals surface area contributed by atoms with Gasteiger partial charge in [-0.2, -0.15) is 25.3 Å². The fourth-order valence-corrected chi connectivity index (χ4v) is 18.6. The monoisotopic (exact) mass is 1690 g/mol. The quantitative estimate of drug-likeness (QED) is 0.0258. The zero-order valence-electron chi connectivity index (χ0n) is 60.0. The Hall–Kier alpha value is -8.20. The minimum atomic E-state index is -4.10. The van der Waals surface area contributed by atoms with Gasteiger partial charge in [0.2, 0.25) is 17.3 Å². The zero-order chi connectivity index (χ0) is 79.5. The number of imidazole rings is 1. The van der Waals surface area contributed by atoms with Crippen molar-refractivity contribution in [3.63, 3.8) is 0 Å². The highest BCUT2D eigenvalue weighted by Crippen LogP contribution is 2.41. The molecule has 10 aromatic rings. The molecular weight excluding hydrogens is 1610 g/mol. The molecule has 112 heavy (non-hydrogen) atoms. The molecule has 15 rings (SSSR count). The molecule has 0 amide bonds. The molecule has 3 aliphatic carbocycles. The molecule has 2 aromatic carbocycles. The van der Waals surface area contributed by atoms with Crippen LogP contribution in [-0.4, -0.2) is 172 Å². The van der Waals surface area contributed by atoms with Gasteiger partial charge in [0.25, 0.3) is 0 Å². The molecule has 10 heterocycles. The van der Waals surface area contributed by atoms with Gasteiger partial charge in [-0.05, 0) is 153 Å². The standard InChI is InChI=1S/C25H24ClN5O5S2.C24H25ClN4O6S2.C23H28N6O6S2/c1-13-18(23-19-7-16(26)3-2-14(19)4-5-29-23)9-22(37-13)24(33)20-10-28-12-30-25(20)31-17-6-15(21(32)8-17)11-36-38(27,34)35;25-16-1-2-18-13(5-16)3-4-34-23(18)15-7-21(36-11-15)22(31)19-9-27-12-28-24(19)29-17-6-14(20(30)8-17)10-35-37(26,32)33;1-12-13(2)29-3-4-34-21(23(29)27-12)15-6-19(36-10-15)20(31)17-8-25-11-26-22(17)28-16-5-14(18(30)7-16)9-35-37(24,32)33/h2-5,7,9-10,12,15,17,21,32H,6,8,11H2,1H3,(H2,27,34,35)(H,28,30,31);1-2,5,7,9,11-12,14,17,20,23,30H,3-4,6,8,10H2,(H2,26,32,33)(H,27,28,29);6,8,10-11,14,16,18,21,30H,3-5,7,9H2,1-2H3,(H2,24,32,33)(H,25,26,28)/t15-,17-,21+;14-,17-,20+,23?;14-,16-,18+,21?/m111/s1. The second kappa shape index (κ2) is 34.9. The number of ether oxygens (including phenoxy) is 2. The van der Waals surface area contributed by atoms with Gasteiger partial charge in [0, 0.05) is 98.8 Å². The summed E-state index contributed by atoms with van der Waals surface area (Å²) in [6.45, 7) is 7.16. The number of nitrogens with zero attached hydrogens (tertiary/aromatic N) is 9. The molecule has 3 saturated carbocycles. The number of anilines is 3. The number of hydrogen-bond acceptors (Lipinski definition) is 31. The van der Waals surface area contributed by atoms with Crippen molar-refractivity contribution < 1.29 is 77.0 Å². The number of ketones is 3. The van der Waals surface area contributed by atoms with Crippen molar-refractivity contribution >= 4 is 134 Å². The Labute approximate surface area is 665 Å². The second-order valence-electron chi connectivity index (χ2n) is 27.6. The summed E-state index contributed by atoms with van der Waals surface area (Å²) in [5.74, 6) is -0.156. The van der Waals surface area contributed by atoms with Crippen LogP contribution in [0.5, 0.6) is 0 Å². The van der Waals surface area contributed by atoms with E-state index in [0.717, 1.165) is 79.3 Å². The predicted octanol–water partition coefficient (Wildman–Crippen LogP) is 8.05. The van der Waals surface area contributed by atoms with E-state index in [2.05, 4.69) is 72.9 Å². The average molecular weight is 1690 g/mol. The number of benzene rings is 2. The number of thiophene rings is 3. The Morgan fingerprint density at radius 1 is 0.580 bits per heavy atom. The van der Waals surface area contributed by atoms with Gasteiger partial charge in [-0.3, -0.25) is 31.9 Å². The molecule has 8 aromatic heterocycles. The molecule has 2 aliphatic heterocycles. The van der Waals surface area contributed by atoms with Crippen LogP contribution in [0.2, 0.25) is 10.0 Å². The van der Waals surface area contributed by atoms with E-state index in [9.17, 15) is 55.0 Å². The number of carbonyl (C=O) groups excluding carboxylic acids is 3. The van der Waals surface area contributed by atoms with Crippen molar-refractivity contribution in [3.05, 3.63) is 201 Å². The van der Waals surface area contributed by atoms with Crippen LogP contribution in [0.15, 0.2) is 115 Å². The first-order valence-electron chi connectivity index (χ1n) is 35.1. The molecule has 3 fully saturated rings. The van der Waals surface area contributed by atoms with Crippen LogP contribution in [0.25, 0.3) is 22.0 Å². The van der Waals surface area contributed by atoms with Gasteiger partial charge in [-0.1, -0.05) is 35.3 Å². The number of aromatic nitrogens is 9. The molecule has 12 N–H and O–H groups in total. The van der Waals surface area contributed by atoms with Gasteiger partial charge in [0.1, 0.15) is 54.5 Å². The highest BCUT2D eigenvalue weighted by molar-refractivity contribution is 7.84. The molecule has 11 atom stereocenters. The van der Waals surface area contributed by atoms with Crippen LogP contribution < -0.4 is 31.4 Å². The summed E-state index contributed by atoms with van der Waals surface area (Å²) in [5.41, 5.74) is 8.47. The molecule has 0 spiro atoms. The lowest BCUT2D eigenvalue weighted by Crippen LogP contribution is -2.24. The number of halogens is 2. The van der Waals surface area contributed by atoms with E-state index < -0.39 is 67.0 Å². The highest BCUT2D eigenvalue weighted by atomic mass is 35.5. The van der Waals surface area contributed by atoms with Crippen molar-refractivity contribution in [2.45, 2.75) is 121 Å². The van der Waals surface area contributed by atoms with Crippen molar-refractivity contribution in [2.75, 3.05) is 49.0 Å². The summed E-state index contributed by atoms with van der Waals surface area (Å²) in [4.78, 5) is 77.1. The predicted molar refractivity (Wildman–Crippen MR) is 418 cm³/mol. The molecule has 2 unspecified atom stereocenters. The van der Waals surface area contributed by atoms with E-state index in [1.165, 1.54) is 71.6 Å². The minimum absolute atomic E-state index is 0.216. The van der Waals surface area contributed by atoms with E-state index in [-0.39, 0.29) is 73.1 Å². The van der Waals surface area contributed by atoms with Gasteiger partial charge >= 0.3 is 30.9 Å². The summed E-state index contributed by atoms with van der Waals surface area (Å²) in [5, 5.41) is 62.3. The SMILES string of the molecule is Cc1nc2n(c1C)CCOC2c1csc(C(=O)c2cncnc2N[C@@H]2C[C@H](COS(N)(=O)=O)[C@@H](O)C2)c1.Cc1sc(C(=O)c2cncnc2N[C@@H]2C[C@H](COS(N)(=O)=O)[C@@H](O)C2)cc1-c1nccc2ccc(Cl)cc12.NS(=O)(=O)OC[C@H]1C[C@@H](Nc2ncncc2C(=O)c2cc(C3OCCc4cc(Cl)ccc43)cs2)C[C@@H]1O. The number of aryl methyl sites for hydroxylation is 2. The minimum Gasteiger partial charge on any atom is -0.393 e. The van der Waals surface area contributed by atoms with Gasteiger partial charge in [0.05, 0.1) is 94.1 Å². The van der Waals surface area contributed by atoms with Crippen molar-refractivity contribution in [1.29, 1.82) is 0 Å². The van der Waals surface area contributed by atoms with Crippen LogP contribution in [-0.2, 0) is 65.9 Å². The van der Waals surface area contributed by atoms with E-state index in [1.807, 2.05) is 92.2 Å². The molecule has 32 nitrogen and oxygen atoms in total. The van der Waals surface area contributed by atoms with Crippen LogP contribution in [0.4, 0.5) is 17.5 Å². The van der Waals surface area contributed by atoms with Gasteiger partial charge in [0.15, 0.2) is 0 Å². The number of carbonyl (C=O) groups is 3. The third-order valence-electron chi connectivity index (χ3n) is 20.0. The maximum absolute atomic E-state index is 13.6. The first kappa shape index (κ1) is 81.8. The molecular formula is C72H77Cl2N15O17S6. The summed E-state index contributed by atoms with van der Waals surface area (Å²) in [7, 11) is -12.3. The van der Waals surface area contributed by atoms with Crippen LogP contribution in [0.3, 0.4) is 0 Å². The van der Waals surface area contributed by atoms with Crippen molar-refractivity contribution in [3.8, 4) is 11.3 Å². The van der Waals surface area contributed by atoms with E-state index in [1.54, 1.807) is 6.20 Å². The molecule has 592 valence electrons. The lowest BCUT2D eigenvalue weighted by Gasteiger charge is -2.25. The maximum Gasteiger partial charge on any atom is 0.333 e. The number of nitrogens with one attached hydrogen (secondary N) is 3. The smallest absolute Gasteiger partial charge is 0.333 e. The number of nitrogens with two attached hydrogens (primary N) is 3. The van der Waals surface area contributed by atoms with Crippen molar-refractivity contribution in [2.24, 2.45) is 33.2 Å². The van der Waals surface area contributed by atoms with E-state index in [4.69, 9.17) is 48.1 Å². The Morgan fingerprint density at radius 2 is 1.04 bits per heavy atom. The molecule has 40 heteroatoms. The first-order valence-corrected chi connectivity index (χ1v) is 42.9. The first-order chi connectivity index (χ1) is 53.4. The lowest BCUT2D eigenvalue weighted by molar-refractivity contribution is 0.0426. The lowest BCUT2D eigenvalue weighted by atomic mass is 9.94. The van der Waals surface area contributed by atoms with E-state index in [0.29, 0.717) is 105 Å². The van der Waals surface area contributed by atoms with E-state index >= 15 is 0 Å². The second-order valence-corrected chi connectivity index (χ2v) is 35.2. The average Bonchev–Trinajstić information content (AvgIpc) is 1.55. The summed E-state index contributed by atoms with van der Waals surface area (Å²) < 4.78 is 94.8. The normalized spacial score (nSPS) is 22.3. The van der Waals surface area contributed by atoms with Crippen LogP contribution in [0.1, 0.15) is 141 Å². The number of rotatable bonds is 24. The Bertz CT molecular complexity index is 5520. The molecule has 0 bridgehead atoms. The van der Waals surface area contributed by atoms with Crippen LogP contribution in [0, 0.1) is 38.5 Å². The number of aliphatic hydroxyl groups excluding tert-OH is 3. The summed E-state index contributed by atoms with van der Waals surface area (Å²) >= 11 is 16.4. The fraction of sp³-hybridized carbons (Fsp3) is 0.375. The van der Waals surface area contributed by atoms with Gasteiger partial charge in [-0.25, -0.2) is 50.3 Å². The van der Waals surface area contributed by atoms with Crippen molar-refractivity contribution in [1.82, 2.24) is 44.4 Å². The molecule has 0 saturated heterocycles.